The maximum absolute atomic E-state index is 11.6. The van der Waals surface area contributed by atoms with Gasteiger partial charge in [-0.1, -0.05) is 20.3 Å². The molecule has 2 rings (SSSR count). The van der Waals surface area contributed by atoms with Crippen molar-refractivity contribution < 1.29 is 0 Å². The minimum atomic E-state index is -0.148. The maximum atomic E-state index is 11.6. The van der Waals surface area contributed by atoms with Crippen LogP contribution in [0.2, 0.25) is 0 Å². The molecule has 3 N–H and O–H groups in total. The lowest BCUT2D eigenvalue weighted by molar-refractivity contribution is 0.637. The van der Waals surface area contributed by atoms with Gasteiger partial charge in [0.2, 0.25) is 0 Å². The van der Waals surface area contributed by atoms with E-state index in [-0.39, 0.29) is 5.56 Å². The molecule has 0 spiro atoms. The standard InChI is InChI=1S/C13H17N3OS/c1-3-8(2)6-18-12-5-11-9(4-10(12)14)13(17)16-7-15-11/h4-5,7-8H,3,6,14H2,1-2H3,(H,15,16,17). The minimum Gasteiger partial charge on any atom is -0.398 e. The Morgan fingerprint density at radius 2 is 2.28 bits per heavy atom. The van der Waals surface area contributed by atoms with Gasteiger partial charge in [0, 0.05) is 16.3 Å². The predicted octanol–water partition coefficient (Wildman–Crippen LogP) is 2.64. The van der Waals surface area contributed by atoms with Crippen molar-refractivity contribution in [3.05, 3.63) is 28.8 Å². The van der Waals surface area contributed by atoms with Crippen LogP contribution in [0.15, 0.2) is 28.2 Å². The number of nitrogens with two attached hydrogens (primary N) is 1. The van der Waals surface area contributed by atoms with Crippen molar-refractivity contribution in [1.29, 1.82) is 0 Å². The number of benzene rings is 1. The molecule has 0 bridgehead atoms. The average Bonchev–Trinajstić information content (AvgIpc) is 2.37. The van der Waals surface area contributed by atoms with Crippen molar-refractivity contribution >= 4 is 28.4 Å². The summed E-state index contributed by atoms with van der Waals surface area (Å²) >= 11 is 1.72. The third-order valence-corrected chi connectivity index (χ3v) is 4.39. The van der Waals surface area contributed by atoms with Crippen molar-refractivity contribution in [2.24, 2.45) is 5.92 Å². The second-order valence-corrected chi connectivity index (χ2v) is 5.53. The molecule has 5 heteroatoms. The van der Waals surface area contributed by atoms with Crippen LogP contribution < -0.4 is 11.3 Å². The summed E-state index contributed by atoms with van der Waals surface area (Å²) in [6.45, 7) is 4.39. The molecule has 0 saturated carbocycles. The molecule has 1 aromatic heterocycles. The predicted molar refractivity (Wildman–Crippen MR) is 77.0 cm³/mol. The molecule has 0 radical (unpaired) electrons. The summed E-state index contributed by atoms with van der Waals surface area (Å²) in [4.78, 5) is 19.3. The number of fused-ring (bicyclic) bond motifs is 1. The van der Waals surface area contributed by atoms with E-state index in [1.165, 1.54) is 6.33 Å². The summed E-state index contributed by atoms with van der Waals surface area (Å²) in [5, 5.41) is 0.544. The number of hydrogen-bond acceptors (Lipinski definition) is 4. The summed E-state index contributed by atoms with van der Waals surface area (Å²) < 4.78 is 0. The quantitative estimate of drug-likeness (QED) is 0.657. The molecule has 2 aromatic rings. The number of aromatic nitrogens is 2. The molecule has 4 nitrogen and oxygen atoms in total. The van der Waals surface area contributed by atoms with Gasteiger partial charge in [0.05, 0.1) is 17.2 Å². The van der Waals surface area contributed by atoms with E-state index < -0.39 is 0 Å². The molecule has 0 aliphatic rings. The first kappa shape index (κ1) is 13.0. The van der Waals surface area contributed by atoms with Gasteiger partial charge in [0.1, 0.15) is 0 Å². The number of H-pyrrole nitrogens is 1. The zero-order valence-corrected chi connectivity index (χ0v) is 11.4. The Hall–Kier alpha value is -1.49. The van der Waals surface area contributed by atoms with Crippen LogP contribution in [-0.2, 0) is 0 Å². The summed E-state index contributed by atoms with van der Waals surface area (Å²) in [5.74, 6) is 1.67. The number of aromatic amines is 1. The zero-order chi connectivity index (χ0) is 13.1. The minimum absolute atomic E-state index is 0.148. The first-order valence-electron chi connectivity index (χ1n) is 6.01. The van der Waals surface area contributed by atoms with Crippen LogP contribution in [0.4, 0.5) is 5.69 Å². The molecule has 0 aliphatic heterocycles. The Bertz CT molecular complexity index is 609. The van der Waals surface area contributed by atoms with E-state index in [2.05, 4.69) is 23.8 Å². The number of anilines is 1. The van der Waals surface area contributed by atoms with E-state index in [1.807, 2.05) is 6.07 Å². The smallest absolute Gasteiger partial charge is 0.258 e. The SMILES string of the molecule is CCC(C)CSc1cc2nc[nH]c(=O)c2cc1N. The van der Waals surface area contributed by atoms with E-state index in [0.29, 0.717) is 22.5 Å². The number of nitrogens with zero attached hydrogens (tertiary/aromatic N) is 1. The Morgan fingerprint density at radius 3 is 3.00 bits per heavy atom. The first-order chi connectivity index (χ1) is 8.61. The summed E-state index contributed by atoms with van der Waals surface area (Å²) in [6.07, 6.45) is 2.57. The lowest BCUT2D eigenvalue weighted by atomic mass is 10.2. The van der Waals surface area contributed by atoms with Crippen LogP contribution in [0.3, 0.4) is 0 Å². The molecular formula is C13H17N3OS. The molecular weight excluding hydrogens is 246 g/mol. The molecule has 0 fully saturated rings. The highest BCUT2D eigenvalue weighted by Gasteiger charge is 2.08. The first-order valence-corrected chi connectivity index (χ1v) is 7.00. The highest BCUT2D eigenvalue weighted by Crippen LogP contribution is 2.29. The molecule has 1 unspecified atom stereocenters. The van der Waals surface area contributed by atoms with Crippen molar-refractivity contribution in [1.82, 2.24) is 9.97 Å². The fraction of sp³-hybridized carbons (Fsp3) is 0.385. The van der Waals surface area contributed by atoms with Gasteiger partial charge in [-0.05, 0) is 18.1 Å². The topological polar surface area (TPSA) is 71.8 Å². The Morgan fingerprint density at radius 1 is 1.50 bits per heavy atom. The third-order valence-electron chi connectivity index (χ3n) is 2.99. The molecule has 1 atom stereocenters. The molecule has 96 valence electrons. The normalized spacial score (nSPS) is 12.8. The van der Waals surface area contributed by atoms with Crippen LogP contribution in [-0.4, -0.2) is 15.7 Å². The largest absolute Gasteiger partial charge is 0.398 e. The molecule has 18 heavy (non-hydrogen) atoms. The van der Waals surface area contributed by atoms with Gasteiger partial charge in [-0.3, -0.25) is 4.79 Å². The van der Waals surface area contributed by atoms with Gasteiger partial charge in [-0.15, -0.1) is 11.8 Å². The summed E-state index contributed by atoms with van der Waals surface area (Å²) in [7, 11) is 0. The van der Waals surface area contributed by atoms with Crippen LogP contribution in [0, 0.1) is 5.92 Å². The van der Waals surface area contributed by atoms with Crippen LogP contribution in [0.1, 0.15) is 20.3 Å². The number of hydrogen-bond donors (Lipinski definition) is 2. The van der Waals surface area contributed by atoms with Crippen molar-refractivity contribution in [2.75, 3.05) is 11.5 Å². The van der Waals surface area contributed by atoms with E-state index >= 15 is 0 Å². The number of rotatable bonds is 4. The van der Waals surface area contributed by atoms with Crippen molar-refractivity contribution in [3.63, 3.8) is 0 Å². The fourth-order valence-corrected chi connectivity index (χ4v) is 2.71. The molecule has 0 aliphatic carbocycles. The zero-order valence-electron chi connectivity index (χ0n) is 10.6. The Labute approximate surface area is 110 Å². The molecule has 0 saturated heterocycles. The van der Waals surface area contributed by atoms with E-state index in [9.17, 15) is 4.79 Å². The van der Waals surface area contributed by atoms with Gasteiger partial charge in [0.25, 0.3) is 5.56 Å². The lowest BCUT2D eigenvalue weighted by Gasteiger charge is -2.10. The molecule has 1 aromatic carbocycles. The Kier molecular flexibility index (Phi) is 3.91. The van der Waals surface area contributed by atoms with Crippen LogP contribution in [0.5, 0.6) is 0 Å². The van der Waals surface area contributed by atoms with E-state index in [0.717, 1.165) is 17.1 Å². The third kappa shape index (κ3) is 2.67. The number of thioether (sulfide) groups is 1. The number of nitrogen functional groups attached to an aromatic ring is 1. The monoisotopic (exact) mass is 263 g/mol. The molecule has 0 amide bonds. The van der Waals surface area contributed by atoms with Crippen molar-refractivity contribution in [3.8, 4) is 0 Å². The lowest BCUT2D eigenvalue weighted by Crippen LogP contribution is -2.07. The van der Waals surface area contributed by atoms with Gasteiger partial charge in [0.15, 0.2) is 0 Å². The number of nitrogens with one attached hydrogen (secondary N) is 1. The second kappa shape index (κ2) is 5.44. The van der Waals surface area contributed by atoms with Gasteiger partial charge in [-0.25, -0.2) is 4.98 Å². The maximum Gasteiger partial charge on any atom is 0.258 e. The van der Waals surface area contributed by atoms with Crippen LogP contribution >= 0.6 is 11.8 Å². The van der Waals surface area contributed by atoms with Gasteiger partial charge < -0.3 is 10.7 Å². The van der Waals surface area contributed by atoms with Crippen molar-refractivity contribution in [2.45, 2.75) is 25.2 Å². The van der Waals surface area contributed by atoms with E-state index in [1.54, 1.807) is 17.8 Å². The Balaban J connectivity index is 2.35. The van der Waals surface area contributed by atoms with Gasteiger partial charge >= 0.3 is 0 Å². The highest BCUT2D eigenvalue weighted by molar-refractivity contribution is 7.99. The average molecular weight is 263 g/mol. The molecule has 1 heterocycles. The summed E-state index contributed by atoms with van der Waals surface area (Å²) in [6, 6.07) is 3.60. The fourth-order valence-electron chi connectivity index (χ4n) is 1.59. The van der Waals surface area contributed by atoms with Gasteiger partial charge in [-0.2, -0.15) is 0 Å². The highest BCUT2D eigenvalue weighted by atomic mass is 32.2. The summed E-state index contributed by atoms with van der Waals surface area (Å²) in [5.41, 5.74) is 7.18. The second-order valence-electron chi connectivity index (χ2n) is 4.46. The van der Waals surface area contributed by atoms with Crippen LogP contribution in [0.25, 0.3) is 10.9 Å². The van der Waals surface area contributed by atoms with E-state index in [4.69, 9.17) is 5.73 Å².